The minimum absolute atomic E-state index is 0.0879. The molecule has 2 aliphatic rings. The number of benzene rings is 4. The summed E-state index contributed by atoms with van der Waals surface area (Å²) in [6.07, 6.45) is 1.06. The zero-order valence-corrected chi connectivity index (χ0v) is 29.4. The number of anilines is 1. The molecule has 2 atom stereocenters. The normalized spacial score (nSPS) is 16.8. The third-order valence-electron chi connectivity index (χ3n) is 9.44. The molecule has 2 aliphatic heterocycles. The maximum absolute atomic E-state index is 12.8. The Balaban J connectivity index is 0.000000761. The molecule has 51 heavy (non-hydrogen) atoms. The topological polar surface area (TPSA) is 153 Å². The lowest BCUT2D eigenvalue weighted by Gasteiger charge is -2.42. The first-order valence-electron chi connectivity index (χ1n) is 16.4. The molecule has 0 aliphatic carbocycles. The van der Waals surface area contributed by atoms with Crippen LogP contribution in [0.3, 0.4) is 0 Å². The Morgan fingerprint density at radius 2 is 1.27 bits per heavy atom. The van der Waals surface area contributed by atoms with Crippen LogP contribution in [0.5, 0.6) is 5.75 Å². The molecule has 2 aromatic heterocycles. The van der Waals surface area contributed by atoms with Crippen LogP contribution in [0.4, 0.5) is 5.88 Å². The van der Waals surface area contributed by atoms with E-state index < -0.39 is 17.5 Å². The van der Waals surface area contributed by atoms with Gasteiger partial charge in [-0.05, 0) is 79.1 Å². The summed E-state index contributed by atoms with van der Waals surface area (Å²) in [5.74, 6) is 2.74. The first kappa shape index (κ1) is 34.6. The highest BCUT2D eigenvalue weighted by Gasteiger charge is 2.54. The van der Waals surface area contributed by atoms with Crippen LogP contribution in [0, 0.1) is 16.2 Å². The van der Waals surface area contributed by atoms with Crippen LogP contribution in [0.1, 0.15) is 18.0 Å². The van der Waals surface area contributed by atoms with Gasteiger partial charge < -0.3 is 18.6 Å². The Kier molecular flexibility index (Phi) is 9.81. The molecule has 1 fully saturated rings. The Morgan fingerprint density at radius 1 is 0.725 bits per heavy atom. The number of rotatable bonds is 7. The van der Waals surface area contributed by atoms with Crippen molar-refractivity contribution in [3.63, 3.8) is 0 Å². The van der Waals surface area contributed by atoms with E-state index in [0.717, 1.165) is 47.8 Å². The maximum Gasteiger partial charge on any atom is 0.262 e. The summed E-state index contributed by atoms with van der Waals surface area (Å²) in [5.41, 5.74) is 3.06. The predicted molar refractivity (Wildman–Crippen MR) is 187 cm³/mol. The minimum atomic E-state index is -4.94. The van der Waals surface area contributed by atoms with Gasteiger partial charge in [-0.15, -0.1) is 10.2 Å². The number of piperidine rings is 1. The number of methoxy groups -OCH3 is 1. The van der Waals surface area contributed by atoms with Crippen molar-refractivity contribution in [3.8, 4) is 17.2 Å². The first-order valence-corrected chi connectivity index (χ1v) is 19.5. The van der Waals surface area contributed by atoms with Crippen molar-refractivity contribution in [2.45, 2.75) is 18.9 Å². The van der Waals surface area contributed by atoms with E-state index in [-0.39, 0.29) is 11.5 Å². The summed E-state index contributed by atoms with van der Waals surface area (Å²) in [6.45, 7) is 2.26. The standard InChI is InChI=1S/C39H35N3O3P.ClHO4/c1-44-31-22-20-29(21-23-31)37-40-38(39(45-37)41-25-28-24-30(27-41)35-18-11-19-36(43)42(35)26-28)46(32-12-5-2-6-13-32,33-14-7-3-8-15-33)34-16-9-4-10-17-34;2-1(3,4)5/h2-23,28,30H,24-27H2,1H3;(H,2,3,4,5)/q+1;/p-1/t28-,30?;/m0./s1. The minimum Gasteiger partial charge on any atom is -0.497 e. The average molecular weight is 724 g/mol. The van der Waals surface area contributed by atoms with E-state index in [1.54, 1.807) is 13.2 Å². The van der Waals surface area contributed by atoms with E-state index >= 15 is 0 Å². The van der Waals surface area contributed by atoms with Crippen LogP contribution >= 0.6 is 7.26 Å². The molecule has 1 unspecified atom stereocenters. The highest BCUT2D eigenvalue weighted by molar-refractivity contribution is 8.01. The number of nitrogens with zero attached hydrogens (tertiary/aromatic N) is 3. The number of hydrogen-bond donors (Lipinski definition) is 0. The number of oxazole rings is 1. The highest BCUT2D eigenvalue weighted by atomic mass is 35.7. The molecule has 0 spiro atoms. The molecule has 12 heteroatoms. The van der Waals surface area contributed by atoms with E-state index in [2.05, 4.69) is 102 Å². The van der Waals surface area contributed by atoms with Crippen molar-refractivity contribution >= 4 is 34.5 Å². The van der Waals surface area contributed by atoms with Gasteiger partial charge in [-0.3, -0.25) is 4.79 Å². The third kappa shape index (κ3) is 7.07. The number of pyridine rings is 1. The van der Waals surface area contributed by atoms with Crippen molar-refractivity contribution < 1.29 is 38.0 Å². The van der Waals surface area contributed by atoms with Crippen LogP contribution in [0.25, 0.3) is 11.5 Å². The Labute approximate surface area is 297 Å². The fourth-order valence-electron chi connectivity index (χ4n) is 7.42. The van der Waals surface area contributed by atoms with Gasteiger partial charge in [0.15, 0.2) is 7.26 Å². The molecule has 4 heterocycles. The van der Waals surface area contributed by atoms with Gasteiger partial charge in [-0.1, -0.05) is 60.7 Å². The molecule has 0 saturated carbocycles. The quantitative estimate of drug-likeness (QED) is 0.220. The molecule has 260 valence electrons. The molecule has 1 saturated heterocycles. The molecule has 0 N–H and O–H groups in total. The first-order chi connectivity index (χ1) is 24.6. The van der Waals surface area contributed by atoms with E-state index in [1.165, 1.54) is 15.9 Å². The molecule has 6 aromatic rings. The van der Waals surface area contributed by atoms with Gasteiger partial charge in [0.25, 0.3) is 16.9 Å². The summed E-state index contributed by atoms with van der Waals surface area (Å²) in [7, 11) is -5.82. The average Bonchev–Trinajstić information content (AvgIpc) is 3.59. The molecule has 0 radical (unpaired) electrons. The predicted octanol–water partition coefficient (Wildman–Crippen LogP) is 0.999. The number of ether oxygens (including phenoxy) is 1. The van der Waals surface area contributed by atoms with Gasteiger partial charge >= 0.3 is 0 Å². The van der Waals surface area contributed by atoms with E-state index in [9.17, 15) is 4.79 Å². The molecule has 0 amide bonds. The lowest BCUT2D eigenvalue weighted by Crippen LogP contribution is -2.68. The van der Waals surface area contributed by atoms with Gasteiger partial charge in [0.2, 0.25) is 5.89 Å². The van der Waals surface area contributed by atoms with Crippen molar-refractivity contribution in [3.05, 3.63) is 150 Å². The molecule has 10 nitrogen and oxygen atoms in total. The zero-order chi connectivity index (χ0) is 35.6. The lowest BCUT2D eigenvalue weighted by molar-refractivity contribution is -2.00. The second kappa shape index (κ2) is 14.4. The summed E-state index contributed by atoms with van der Waals surface area (Å²) in [6, 6.07) is 46.1. The molecule has 4 aromatic carbocycles. The lowest BCUT2D eigenvalue weighted by atomic mass is 9.83. The smallest absolute Gasteiger partial charge is 0.262 e. The molecule has 2 bridgehead atoms. The Hall–Kier alpha value is -4.80. The van der Waals surface area contributed by atoms with Gasteiger partial charge in [0.1, 0.15) is 21.7 Å². The number of fused-ring (bicyclic) bond motifs is 4. The largest absolute Gasteiger partial charge is 0.497 e. The van der Waals surface area contributed by atoms with Crippen LogP contribution < -0.4 is 55.2 Å². The Bertz CT molecular complexity index is 2040. The number of halogens is 1. The summed E-state index contributed by atoms with van der Waals surface area (Å²) < 4.78 is 48.4. The van der Waals surface area contributed by atoms with Crippen LogP contribution in [-0.4, -0.2) is 29.8 Å². The monoisotopic (exact) mass is 723 g/mol. The van der Waals surface area contributed by atoms with Crippen molar-refractivity contribution in [2.24, 2.45) is 5.92 Å². The Morgan fingerprint density at radius 3 is 1.80 bits per heavy atom. The molecular weight excluding hydrogens is 689 g/mol. The third-order valence-corrected chi connectivity index (χ3v) is 13.6. The van der Waals surface area contributed by atoms with Crippen molar-refractivity contribution in [2.75, 3.05) is 25.1 Å². The second-order valence-electron chi connectivity index (χ2n) is 12.5. The summed E-state index contributed by atoms with van der Waals surface area (Å²) in [5, 5.41) is 3.66. The van der Waals surface area contributed by atoms with E-state index in [4.69, 9.17) is 32.8 Å². The van der Waals surface area contributed by atoms with Gasteiger partial charge in [0.05, 0.1) is 7.11 Å². The van der Waals surface area contributed by atoms with Gasteiger partial charge in [-0.25, -0.2) is 18.6 Å². The van der Waals surface area contributed by atoms with E-state index in [0.29, 0.717) is 18.4 Å². The van der Waals surface area contributed by atoms with Crippen molar-refractivity contribution in [1.29, 1.82) is 0 Å². The zero-order valence-electron chi connectivity index (χ0n) is 27.7. The highest BCUT2D eigenvalue weighted by Crippen LogP contribution is 2.56. The SMILES string of the molecule is COc1ccc(-c2nc([P+](c3ccccc3)(c3ccccc3)c3ccccc3)c(N3CC4C[C@@H](C3)Cn3c4cccc3=O)o2)cc1.[O-][Cl+3]([O-])([O-])[O-]. The number of aromatic nitrogens is 2. The number of hydrogen-bond acceptors (Lipinski definition) is 9. The summed E-state index contributed by atoms with van der Waals surface area (Å²) in [4.78, 5) is 20.8. The second-order valence-corrected chi connectivity index (χ2v) is 16.6. The van der Waals surface area contributed by atoms with E-state index in [1.807, 2.05) is 34.9 Å². The van der Waals surface area contributed by atoms with Crippen LogP contribution in [0.15, 0.2) is 143 Å². The molecule has 8 rings (SSSR count). The van der Waals surface area contributed by atoms with Gasteiger partial charge in [0, 0.05) is 42.9 Å². The van der Waals surface area contributed by atoms with Gasteiger partial charge in [-0.2, -0.15) is 4.98 Å². The maximum atomic E-state index is 12.8. The van der Waals surface area contributed by atoms with Crippen LogP contribution in [-0.2, 0) is 6.54 Å². The van der Waals surface area contributed by atoms with Crippen molar-refractivity contribution in [1.82, 2.24) is 9.55 Å². The fourth-order valence-corrected chi connectivity index (χ4v) is 11.6. The summed E-state index contributed by atoms with van der Waals surface area (Å²) >= 11 is 0. The fraction of sp³-hybridized carbons (Fsp3) is 0.179. The molecular formula is C39H35ClN3O7P. The van der Waals surface area contributed by atoms with Crippen LogP contribution in [0.2, 0.25) is 0 Å².